The van der Waals surface area contributed by atoms with Crippen molar-refractivity contribution in [1.29, 1.82) is 0 Å². The summed E-state index contributed by atoms with van der Waals surface area (Å²) in [5.74, 6) is 0. The number of nitrogens with zero attached hydrogens (tertiary/aromatic N) is 2. The van der Waals surface area contributed by atoms with E-state index in [-0.39, 0.29) is 51.4 Å². The summed E-state index contributed by atoms with van der Waals surface area (Å²) in [6, 6.07) is 0. The maximum atomic E-state index is 5.75. The fourth-order valence-corrected chi connectivity index (χ4v) is 1.88. The quantitative estimate of drug-likeness (QED) is 0.564. The van der Waals surface area contributed by atoms with Crippen molar-refractivity contribution in [2.45, 2.75) is 19.8 Å². The fourth-order valence-electron chi connectivity index (χ4n) is 1.88. The molecule has 1 fully saturated rings. The summed E-state index contributed by atoms with van der Waals surface area (Å²) >= 11 is 0. The molecular weight excluding hydrogens is 241 g/mol. The van der Waals surface area contributed by atoms with Crippen LogP contribution in [0, 0.1) is 0 Å². The van der Waals surface area contributed by atoms with Crippen LogP contribution in [0.4, 0.5) is 0 Å². The Morgan fingerprint density at radius 2 is 1.76 bits per heavy atom. The molecule has 0 aromatic rings. The molecule has 0 saturated carbocycles. The van der Waals surface area contributed by atoms with Gasteiger partial charge in [-0.2, -0.15) is 7.05 Å². The van der Waals surface area contributed by atoms with Crippen molar-refractivity contribution in [2.75, 3.05) is 60.0 Å². The molecule has 0 bridgehead atoms. The molecule has 0 radical (unpaired) electrons. The van der Waals surface area contributed by atoms with E-state index < -0.39 is 0 Å². The summed E-state index contributed by atoms with van der Waals surface area (Å²) in [7, 11) is 3.46. The molecule has 4 nitrogen and oxygen atoms in total. The summed E-state index contributed by atoms with van der Waals surface area (Å²) in [5.41, 5.74) is 5.75. The average Bonchev–Trinajstić information content (AvgIpc) is 2.33. The molecule has 1 saturated heterocycles. The molecule has 1 N–H and O–H groups in total. The Labute approximate surface area is 150 Å². The van der Waals surface area contributed by atoms with E-state index in [2.05, 4.69) is 23.8 Å². The van der Waals surface area contributed by atoms with Crippen LogP contribution in [0.5, 0.6) is 0 Å². The molecule has 0 amide bonds. The molecule has 5 heteroatoms. The Balaban J connectivity index is 0. The van der Waals surface area contributed by atoms with Gasteiger partial charge in [0.1, 0.15) is 0 Å². The summed E-state index contributed by atoms with van der Waals surface area (Å²) in [6.45, 7) is 10.0. The van der Waals surface area contributed by atoms with Crippen LogP contribution in [-0.4, -0.2) is 69.8 Å². The first-order valence-corrected chi connectivity index (χ1v) is 6.31. The van der Waals surface area contributed by atoms with Crippen molar-refractivity contribution in [3.63, 3.8) is 0 Å². The second-order valence-corrected chi connectivity index (χ2v) is 4.11. The van der Waals surface area contributed by atoms with Crippen molar-refractivity contribution in [1.82, 2.24) is 9.80 Å². The summed E-state index contributed by atoms with van der Waals surface area (Å²) in [4.78, 5) is 4.92. The Morgan fingerprint density at radius 3 is 2.29 bits per heavy atom. The monoisotopic (exact) mass is 269 g/mol. The fraction of sp³-hybridized carbons (Fsp3) is 1.00. The van der Waals surface area contributed by atoms with Gasteiger partial charge >= 0.3 is 51.4 Å². The maximum absolute atomic E-state index is 5.75. The molecule has 0 aromatic carbocycles. The van der Waals surface area contributed by atoms with Crippen molar-refractivity contribution in [2.24, 2.45) is 0 Å². The predicted octanol–water partition coefficient (Wildman–Crippen LogP) is -1.28. The van der Waals surface area contributed by atoms with Gasteiger partial charge < -0.3 is 15.4 Å². The zero-order valence-corrected chi connectivity index (χ0v) is 15.3. The minimum absolute atomic E-state index is 0. The van der Waals surface area contributed by atoms with Gasteiger partial charge in [-0.15, -0.1) is 0 Å². The third-order valence-electron chi connectivity index (χ3n) is 2.72. The van der Waals surface area contributed by atoms with Gasteiger partial charge in [-0.25, -0.2) is 0 Å². The zero-order valence-electron chi connectivity index (χ0n) is 12.2. The van der Waals surface area contributed by atoms with Crippen LogP contribution in [0.3, 0.4) is 0 Å². The van der Waals surface area contributed by atoms with Gasteiger partial charge in [0.2, 0.25) is 0 Å². The van der Waals surface area contributed by atoms with Gasteiger partial charge in [-0.05, 0) is 39.5 Å². The van der Waals surface area contributed by atoms with E-state index in [9.17, 15) is 0 Å². The maximum Gasteiger partial charge on any atom is 1.00 e. The molecule has 0 unspecified atom stereocenters. The molecule has 1 aliphatic heterocycles. The van der Waals surface area contributed by atoms with E-state index in [1.165, 1.54) is 39.5 Å². The molecule has 0 aliphatic carbocycles. The van der Waals surface area contributed by atoms with Gasteiger partial charge in [0.25, 0.3) is 0 Å². The van der Waals surface area contributed by atoms with Crippen molar-refractivity contribution < 1.29 is 56.1 Å². The number of ether oxygens (including phenoxy) is 1. The van der Waals surface area contributed by atoms with E-state index in [4.69, 9.17) is 10.5 Å². The summed E-state index contributed by atoms with van der Waals surface area (Å²) < 4.78 is 5.31. The third-order valence-corrected chi connectivity index (χ3v) is 2.72. The van der Waals surface area contributed by atoms with Crippen LogP contribution in [-0.2, 0) is 4.74 Å². The first-order chi connectivity index (χ1) is 7.83. The average molecular weight is 269 g/mol. The zero-order chi connectivity index (χ0) is 12.2. The molecule has 17 heavy (non-hydrogen) atoms. The normalized spacial score (nSPS) is 16.1. The minimum atomic E-state index is 0. The molecule has 0 aromatic heterocycles. The Kier molecular flexibility index (Phi) is 19.0. The van der Waals surface area contributed by atoms with E-state index in [1.54, 1.807) is 0 Å². The molecular formula is C12H28KN3O. The van der Waals surface area contributed by atoms with Gasteiger partial charge in [0.15, 0.2) is 0 Å². The number of morpholine rings is 1. The molecule has 1 aliphatic rings. The Bertz CT molecular complexity index is 144. The molecule has 1 heterocycles. The van der Waals surface area contributed by atoms with Crippen LogP contribution in [0.1, 0.15) is 19.8 Å². The molecule has 98 valence electrons. The van der Waals surface area contributed by atoms with Crippen molar-refractivity contribution in [3.05, 3.63) is 5.73 Å². The van der Waals surface area contributed by atoms with Crippen LogP contribution >= 0.6 is 0 Å². The van der Waals surface area contributed by atoms with Crippen LogP contribution in [0.15, 0.2) is 0 Å². The van der Waals surface area contributed by atoms with Gasteiger partial charge in [-0.3, -0.25) is 4.90 Å². The van der Waals surface area contributed by atoms with E-state index in [0.717, 1.165) is 26.3 Å². The largest absolute Gasteiger partial charge is 1.00 e. The van der Waals surface area contributed by atoms with Gasteiger partial charge in [0, 0.05) is 13.1 Å². The predicted molar refractivity (Wildman–Crippen MR) is 69.9 cm³/mol. The number of rotatable bonds is 6. The SMILES string of the molecule is CCCN(C)CCCN1CCOCC1.C[NH-].[K+]. The second kappa shape index (κ2) is 15.5. The van der Waals surface area contributed by atoms with Crippen LogP contribution in [0.25, 0.3) is 5.73 Å². The number of hydrogen-bond donors (Lipinski definition) is 0. The van der Waals surface area contributed by atoms with Crippen molar-refractivity contribution in [3.8, 4) is 0 Å². The Hall–Kier alpha value is 1.48. The smallest absolute Gasteiger partial charge is 0.680 e. The molecule has 1 rings (SSSR count). The second-order valence-electron chi connectivity index (χ2n) is 4.11. The van der Waals surface area contributed by atoms with Gasteiger partial charge in [0.05, 0.1) is 13.2 Å². The van der Waals surface area contributed by atoms with Crippen LogP contribution < -0.4 is 51.4 Å². The van der Waals surface area contributed by atoms with E-state index in [0.29, 0.717) is 0 Å². The third kappa shape index (κ3) is 12.3. The van der Waals surface area contributed by atoms with E-state index in [1.807, 2.05) is 0 Å². The first kappa shape index (κ1) is 20.8. The topological polar surface area (TPSA) is 39.5 Å². The number of hydrogen-bond acceptors (Lipinski definition) is 3. The first-order valence-electron chi connectivity index (χ1n) is 6.31. The number of nitrogens with one attached hydrogen (secondary N) is 1. The van der Waals surface area contributed by atoms with E-state index >= 15 is 0 Å². The van der Waals surface area contributed by atoms with Gasteiger partial charge in [-0.1, -0.05) is 6.92 Å². The Morgan fingerprint density at radius 1 is 1.18 bits per heavy atom. The van der Waals surface area contributed by atoms with Crippen LogP contribution in [0.2, 0.25) is 0 Å². The van der Waals surface area contributed by atoms with Crippen molar-refractivity contribution >= 4 is 0 Å². The molecule has 0 spiro atoms. The minimum Gasteiger partial charge on any atom is -0.680 e. The summed E-state index contributed by atoms with van der Waals surface area (Å²) in [6.07, 6.45) is 2.55. The molecule has 0 atom stereocenters. The summed E-state index contributed by atoms with van der Waals surface area (Å²) in [5, 5.41) is 0. The standard InChI is InChI=1S/C11H24N2O.CH4N.K/c1-3-5-12(2)6-4-7-13-8-10-14-11-9-13;1-2;/h3-11H2,1-2H3;2H,1H3;/q;-1;+1.